The molecule has 4 rings (SSSR count). The van der Waals surface area contributed by atoms with Crippen LogP contribution in [0.2, 0.25) is 0 Å². The highest BCUT2D eigenvalue weighted by Crippen LogP contribution is 2.38. The number of methoxy groups -OCH3 is 3. The molecule has 0 saturated carbocycles. The Bertz CT molecular complexity index is 969. The fourth-order valence-electron chi connectivity index (χ4n) is 3.40. The summed E-state index contributed by atoms with van der Waals surface area (Å²) >= 11 is 0. The fourth-order valence-corrected chi connectivity index (χ4v) is 3.40. The van der Waals surface area contributed by atoms with E-state index in [4.69, 9.17) is 19.0 Å². The van der Waals surface area contributed by atoms with E-state index in [1.807, 2.05) is 0 Å². The van der Waals surface area contributed by atoms with Crippen molar-refractivity contribution in [3.8, 4) is 17.2 Å². The number of benzene rings is 2. The topological polar surface area (TPSA) is 86.7 Å². The predicted molar refractivity (Wildman–Crippen MR) is 99.9 cm³/mol. The van der Waals surface area contributed by atoms with E-state index in [0.29, 0.717) is 34.2 Å². The van der Waals surface area contributed by atoms with E-state index in [9.17, 15) is 9.59 Å². The molecule has 0 unspecified atom stereocenters. The van der Waals surface area contributed by atoms with Crippen molar-refractivity contribution in [2.75, 3.05) is 26.2 Å². The van der Waals surface area contributed by atoms with Crippen molar-refractivity contribution < 1.29 is 28.6 Å². The fraction of sp³-hybridized carbons (Fsp3) is 0.250. The molecule has 8 nitrogen and oxygen atoms in total. The number of ether oxygens (including phenoxy) is 3. The summed E-state index contributed by atoms with van der Waals surface area (Å²) in [6.45, 7) is 0. The highest BCUT2D eigenvalue weighted by atomic mass is 16.7. The lowest BCUT2D eigenvalue weighted by Gasteiger charge is -2.16. The molecule has 0 aromatic heterocycles. The van der Waals surface area contributed by atoms with Gasteiger partial charge >= 0.3 is 0 Å². The van der Waals surface area contributed by atoms with E-state index in [2.05, 4.69) is 5.16 Å². The summed E-state index contributed by atoms with van der Waals surface area (Å²) in [6, 6.07) is 11.8. The smallest absolute Gasteiger partial charge is 0.278 e. The second-order valence-electron chi connectivity index (χ2n) is 6.26. The van der Waals surface area contributed by atoms with Gasteiger partial charge in [0.2, 0.25) is 12.0 Å². The number of carbonyl (C=O) groups excluding carboxylic acids is 2. The number of carbonyl (C=O) groups is 2. The summed E-state index contributed by atoms with van der Waals surface area (Å²) in [4.78, 5) is 32.4. The Kier molecular flexibility index (Phi) is 4.38. The maximum atomic E-state index is 13.1. The SMILES string of the molecule is COc1ccc(N2C(=O)[C@H]3C(c4ccc(OC)cc4OC)=NO[C@@H]3C2=O)cc1. The number of imide groups is 1. The van der Waals surface area contributed by atoms with E-state index in [-0.39, 0.29) is 0 Å². The van der Waals surface area contributed by atoms with Crippen LogP contribution >= 0.6 is 0 Å². The Morgan fingerprint density at radius 2 is 1.57 bits per heavy atom. The van der Waals surface area contributed by atoms with Gasteiger partial charge in [0.1, 0.15) is 28.9 Å². The van der Waals surface area contributed by atoms with Crippen molar-refractivity contribution in [3.05, 3.63) is 48.0 Å². The van der Waals surface area contributed by atoms with E-state index in [0.717, 1.165) is 4.90 Å². The van der Waals surface area contributed by atoms with Gasteiger partial charge in [0.05, 0.1) is 27.0 Å². The number of rotatable bonds is 5. The molecule has 0 aliphatic carbocycles. The van der Waals surface area contributed by atoms with Crippen molar-refractivity contribution in [1.29, 1.82) is 0 Å². The molecule has 0 N–H and O–H groups in total. The van der Waals surface area contributed by atoms with Gasteiger partial charge < -0.3 is 19.0 Å². The lowest BCUT2D eigenvalue weighted by Crippen LogP contribution is -2.33. The molecule has 2 aliphatic heterocycles. The maximum Gasteiger partial charge on any atom is 0.278 e. The number of fused-ring (bicyclic) bond motifs is 1. The van der Waals surface area contributed by atoms with Crippen LogP contribution in [0.1, 0.15) is 5.56 Å². The molecule has 2 heterocycles. The van der Waals surface area contributed by atoms with Gasteiger partial charge in [0.15, 0.2) is 0 Å². The lowest BCUT2D eigenvalue weighted by atomic mass is 9.93. The lowest BCUT2D eigenvalue weighted by molar-refractivity contribution is -0.126. The van der Waals surface area contributed by atoms with Crippen molar-refractivity contribution >= 4 is 23.2 Å². The van der Waals surface area contributed by atoms with Gasteiger partial charge in [-0.2, -0.15) is 0 Å². The van der Waals surface area contributed by atoms with E-state index < -0.39 is 23.8 Å². The molecular weight excluding hydrogens is 364 g/mol. The van der Waals surface area contributed by atoms with E-state index in [1.165, 1.54) is 7.11 Å². The van der Waals surface area contributed by atoms with Gasteiger partial charge in [-0.3, -0.25) is 9.59 Å². The molecule has 28 heavy (non-hydrogen) atoms. The molecule has 1 fully saturated rings. The van der Waals surface area contributed by atoms with Crippen LogP contribution in [0, 0.1) is 5.92 Å². The van der Waals surface area contributed by atoms with Crippen molar-refractivity contribution in [1.82, 2.24) is 0 Å². The number of oxime groups is 1. The first-order valence-electron chi connectivity index (χ1n) is 8.57. The van der Waals surface area contributed by atoms with Crippen LogP contribution in [-0.2, 0) is 14.4 Å². The first kappa shape index (κ1) is 17.8. The first-order valence-corrected chi connectivity index (χ1v) is 8.57. The molecule has 2 aromatic rings. The Balaban J connectivity index is 1.69. The highest BCUT2D eigenvalue weighted by Gasteiger charge is 2.56. The summed E-state index contributed by atoms with van der Waals surface area (Å²) < 4.78 is 15.7. The molecule has 0 radical (unpaired) electrons. The van der Waals surface area contributed by atoms with Crippen molar-refractivity contribution in [3.63, 3.8) is 0 Å². The third-order valence-electron chi connectivity index (χ3n) is 4.83. The zero-order valence-electron chi connectivity index (χ0n) is 15.5. The van der Waals surface area contributed by atoms with Crippen LogP contribution in [0.4, 0.5) is 5.69 Å². The first-order chi connectivity index (χ1) is 13.6. The van der Waals surface area contributed by atoms with Crippen LogP contribution in [0.15, 0.2) is 47.6 Å². The number of nitrogens with zero attached hydrogens (tertiary/aromatic N) is 2. The molecule has 2 aromatic carbocycles. The van der Waals surface area contributed by atoms with Crippen LogP contribution in [0.5, 0.6) is 17.2 Å². The molecule has 0 spiro atoms. The van der Waals surface area contributed by atoms with Gasteiger partial charge in [-0.05, 0) is 36.4 Å². The van der Waals surface area contributed by atoms with E-state index >= 15 is 0 Å². The third-order valence-corrected chi connectivity index (χ3v) is 4.83. The van der Waals surface area contributed by atoms with Gasteiger partial charge in [-0.1, -0.05) is 5.16 Å². The average molecular weight is 382 g/mol. The molecule has 8 heteroatoms. The molecular formula is C20H18N2O6. The summed E-state index contributed by atoms with van der Waals surface area (Å²) in [5, 5.41) is 4.02. The predicted octanol–water partition coefficient (Wildman–Crippen LogP) is 2.00. The monoisotopic (exact) mass is 382 g/mol. The van der Waals surface area contributed by atoms with Crippen LogP contribution in [0.3, 0.4) is 0 Å². The quantitative estimate of drug-likeness (QED) is 0.736. The summed E-state index contributed by atoms with van der Waals surface area (Å²) in [7, 11) is 4.61. The van der Waals surface area contributed by atoms with Gasteiger partial charge in [-0.25, -0.2) is 4.90 Å². The summed E-state index contributed by atoms with van der Waals surface area (Å²) in [6.07, 6.45) is -0.989. The second kappa shape index (κ2) is 6.88. The number of anilines is 1. The minimum Gasteiger partial charge on any atom is -0.497 e. The van der Waals surface area contributed by atoms with Gasteiger partial charge in [-0.15, -0.1) is 0 Å². The molecule has 2 amide bonds. The zero-order valence-corrected chi connectivity index (χ0v) is 15.5. The van der Waals surface area contributed by atoms with Gasteiger partial charge in [0, 0.05) is 11.6 Å². The Morgan fingerprint density at radius 3 is 2.21 bits per heavy atom. The molecule has 144 valence electrons. The normalized spacial score (nSPS) is 20.5. The highest BCUT2D eigenvalue weighted by molar-refractivity contribution is 6.32. The van der Waals surface area contributed by atoms with Crippen LogP contribution in [-0.4, -0.2) is 45.0 Å². The van der Waals surface area contributed by atoms with Crippen molar-refractivity contribution in [2.24, 2.45) is 11.1 Å². The second-order valence-corrected chi connectivity index (χ2v) is 6.26. The Labute approximate surface area is 161 Å². The molecule has 0 bridgehead atoms. The molecule has 2 atom stereocenters. The summed E-state index contributed by atoms with van der Waals surface area (Å²) in [5.41, 5.74) is 1.39. The zero-order chi connectivity index (χ0) is 19.8. The standard InChI is InChI=1S/C20H18N2O6/c1-25-12-6-4-11(5-7-12)22-19(23)16-17(21-28-18(16)20(22)24)14-9-8-13(26-2)10-15(14)27-3/h4-10,16,18H,1-3H3/t16-,18-/m0/s1. The van der Waals surface area contributed by atoms with Crippen molar-refractivity contribution in [2.45, 2.75) is 6.10 Å². The molecule has 2 aliphatic rings. The average Bonchev–Trinajstić information content (AvgIpc) is 3.27. The number of hydrogen-bond donors (Lipinski definition) is 0. The minimum atomic E-state index is -0.989. The summed E-state index contributed by atoms with van der Waals surface area (Å²) in [5.74, 6) is 0.0259. The molecule has 1 saturated heterocycles. The van der Waals surface area contributed by atoms with Crippen LogP contribution in [0.25, 0.3) is 0 Å². The Morgan fingerprint density at radius 1 is 0.893 bits per heavy atom. The largest absolute Gasteiger partial charge is 0.497 e. The Hall–Kier alpha value is -3.55. The minimum absolute atomic E-state index is 0.360. The number of amides is 2. The van der Waals surface area contributed by atoms with Gasteiger partial charge in [0.25, 0.3) is 5.91 Å². The third kappa shape index (κ3) is 2.65. The van der Waals surface area contributed by atoms with Crippen LogP contribution < -0.4 is 19.1 Å². The number of hydrogen-bond acceptors (Lipinski definition) is 7. The van der Waals surface area contributed by atoms with E-state index in [1.54, 1.807) is 56.7 Å². The maximum absolute atomic E-state index is 13.1.